The summed E-state index contributed by atoms with van der Waals surface area (Å²) in [4.78, 5) is 15.1. The summed E-state index contributed by atoms with van der Waals surface area (Å²) in [5, 5.41) is 3.98. The maximum atomic E-state index is 11.2. The van der Waals surface area contributed by atoms with Crippen molar-refractivity contribution in [3.8, 4) is 11.4 Å². The number of ether oxygens (including phenoxy) is 2. The van der Waals surface area contributed by atoms with Gasteiger partial charge in [0.15, 0.2) is 0 Å². The van der Waals surface area contributed by atoms with Gasteiger partial charge in [0.05, 0.1) is 25.6 Å². The summed E-state index contributed by atoms with van der Waals surface area (Å²) < 4.78 is 11.0. The Morgan fingerprint density at radius 2 is 2.17 bits per heavy atom. The van der Waals surface area contributed by atoms with Crippen LogP contribution in [-0.2, 0) is 4.74 Å². The molecule has 0 spiro atoms. The second kappa shape index (κ2) is 4.74. The number of hydrogen-bond acceptors (Lipinski definition) is 6. The molecule has 0 aliphatic carbocycles. The highest BCUT2D eigenvalue weighted by molar-refractivity contribution is 5.84. The number of carbonyl (C=O) groups is 1. The summed E-state index contributed by atoms with van der Waals surface area (Å²) >= 11 is 0. The van der Waals surface area contributed by atoms with Crippen molar-refractivity contribution in [2.45, 2.75) is 0 Å². The first kappa shape index (κ1) is 11.9. The number of nitrogens with two attached hydrogens (primary N) is 1. The Hall–Kier alpha value is -2.57. The van der Waals surface area contributed by atoms with Crippen LogP contribution in [0.3, 0.4) is 0 Å². The lowest BCUT2D eigenvalue weighted by Gasteiger charge is -2.07. The molecule has 7 nitrogen and oxygen atoms in total. The van der Waals surface area contributed by atoms with Crippen LogP contribution >= 0.6 is 0 Å². The van der Waals surface area contributed by atoms with Gasteiger partial charge in [-0.15, -0.1) is 5.10 Å². The van der Waals surface area contributed by atoms with E-state index in [-0.39, 0.29) is 5.82 Å². The SMILES string of the molecule is COC(=O)c1ncn(-c2cc(OC)ccc2N)n1. The molecule has 2 rings (SSSR count). The molecule has 0 aliphatic heterocycles. The minimum Gasteiger partial charge on any atom is -0.497 e. The van der Waals surface area contributed by atoms with Gasteiger partial charge in [0.2, 0.25) is 0 Å². The molecule has 0 saturated carbocycles. The molecule has 1 heterocycles. The molecule has 0 saturated heterocycles. The molecule has 2 N–H and O–H groups in total. The minimum atomic E-state index is -0.602. The quantitative estimate of drug-likeness (QED) is 0.633. The predicted octanol–water partition coefficient (Wildman–Crippen LogP) is 0.645. The predicted molar refractivity (Wildman–Crippen MR) is 63.7 cm³/mol. The van der Waals surface area contributed by atoms with E-state index in [0.29, 0.717) is 17.1 Å². The lowest BCUT2D eigenvalue weighted by Crippen LogP contribution is -2.06. The zero-order valence-electron chi connectivity index (χ0n) is 9.95. The fourth-order valence-corrected chi connectivity index (χ4v) is 1.41. The van der Waals surface area contributed by atoms with Gasteiger partial charge in [0, 0.05) is 6.07 Å². The van der Waals surface area contributed by atoms with Gasteiger partial charge in [-0.05, 0) is 12.1 Å². The van der Waals surface area contributed by atoms with Gasteiger partial charge in [-0.1, -0.05) is 0 Å². The second-order valence-corrected chi connectivity index (χ2v) is 3.43. The molecule has 2 aromatic rings. The Bertz CT molecular complexity index is 579. The zero-order chi connectivity index (χ0) is 13.1. The standard InChI is InChI=1S/C11H12N4O3/c1-17-7-3-4-8(12)9(5-7)15-6-13-10(14-15)11(16)18-2/h3-6H,12H2,1-2H3. The molecule has 0 radical (unpaired) electrons. The Morgan fingerprint density at radius 1 is 1.39 bits per heavy atom. The van der Waals surface area contributed by atoms with Gasteiger partial charge < -0.3 is 15.2 Å². The van der Waals surface area contributed by atoms with Crippen LogP contribution < -0.4 is 10.5 Å². The Balaban J connectivity index is 2.42. The van der Waals surface area contributed by atoms with Crippen LogP contribution in [0, 0.1) is 0 Å². The van der Waals surface area contributed by atoms with E-state index < -0.39 is 5.97 Å². The number of esters is 1. The van der Waals surface area contributed by atoms with E-state index in [9.17, 15) is 4.79 Å². The fraction of sp³-hybridized carbons (Fsp3) is 0.182. The van der Waals surface area contributed by atoms with Gasteiger partial charge in [-0.3, -0.25) is 0 Å². The van der Waals surface area contributed by atoms with Crippen LogP contribution in [0.5, 0.6) is 5.75 Å². The third kappa shape index (κ3) is 2.10. The molecule has 1 aromatic heterocycles. The van der Waals surface area contributed by atoms with E-state index in [1.165, 1.54) is 18.1 Å². The Morgan fingerprint density at radius 3 is 2.83 bits per heavy atom. The molecule has 0 fully saturated rings. The summed E-state index contributed by atoms with van der Waals surface area (Å²) in [6, 6.07) is 5.12. The molecule has 0 atom stereocenters. The molecule has 7 heteroatoms. The van der Waals surface area contributed by atoms with Crippen molar-refractivity contribution in [2.24, 2.45) is 0 Å². The summed E-state index contributed by atoms with van der Waals surface area (Å²) in [5.41, 5.74) is 6.91. The van der Waals surface area contributed by atoms with Gasteiger partial charge >= 0.3 is 5.97 Å². The number of aromatic nitrogens is 3. The van der Waals surface area contributed by atoms with E-state index in [1.54, 1.807) is 25.3 Å². The van der Waals surface area contributed by atoms with E-state index in [4.69, 9.17) is 10.5 Å². The van der Waals surface area contributed by atoms with Gasteiger partial charge in [-0.25, -0.2) is 14.5 Å². The Labute approximate surface area is 103 Å². The lowest BCUT2D eigenvalue weighted by molar-refractivity contribution is 0.0587. The molecule has 1 aromatic carbocycles. The van der Waals surface area contributed by atoms with Gasteiger partial charge in [-0.2, -0.15) is 0 Å². The van der Waals surface area contributed by atoms with Crippen LogP contribution in [-0.4, -0.2) is 35.0 Å². The monoisotopic (exact) mass is 248 g/mol. The molecule has 0 bridgehead atoms. The van der Waals surface area contributed by atoms with Crippen molar-refractivity contribution >= 4 is 11.7 Å². The molecule has 0 aliphatic rings. The normalized spacial score (nSPS) is 10.1. The highest BCUT2D eigenvalue weighted by Gasteiger charge is 2.13. The first-order chi connectivity index (χ1) is 8.65. The van der Waals surface area contributed by atoms with Crippen molar-refractivity contribution in [1.82, 2.24) is 14.8 Å². The van der Waals surface area contributed by atoms with Crippen molar-refractivity contribution in [2.75, 3.05) is 20.0 Å². The van der Waals surface area contributed by atoms with E-state index in [2.05, 4.69) is 14.8 Å². The summed E-state index contributed by atoms with van der Waals surface area (Å²) in [6.07, 6.45) is 1.39. The Kier molecular flexibility index (Phi) is 3.13. The number of benzene rings is 1. The van der Waals surface area contributed by atoms with Crippen molar-refractivity contribution in [3.05, 3.63) is 30.4 Å². The lowest BCUT2D eigenvalue weighted by atomic mass is 10.2. The van der Waals surface area contributed by atoms with Crippen molar-refractivity contribution < 1.29 is 14.3 Å². The molecular formula is C11H12N4O3. The number of nitrogen functional groups attached to an aromatic ring is 1. The number of rotatable bonds is 3. The zero-order valence-corrected chi connectivity index (χ0v) is 9.95. The summed E-state index contributed by atoms with van der Waals surface area (Å²) in [7, 11) is 2.82. The molecular weight excluding hydrogens is 236 g/mol. The molecule has 0 unspecified atom stereocenters. The summed E-state index contributed by atoms with van der Waals surface area (Å²) in [5.74, 6) is 0.00394. The summed E-state index contributed by atoms with van der Waals surface area (Å²) in [6.45, 7) is 0. The van der Waals surface area contributed by atoms with Crippen LogP contribution in [0.2, 0.25) is 0 Å². The third-order valence-electron chi connectivity index (χ3n) is 2.34. The van der Waals surface area contributed by atoms with Gasteiger partial charge in [0.25, 0.3) is 5.82 Å². The number of anilines is 1. The van der Waals surface area contributed by atoms with Crippen molar-refractivity contribution in [1.29, 1.82) is 0 Å². The average molecular weight is 248 g/mol. The number of nitrogens with zero attached hydrogens (tertiary/aromatic N) is 3. The largest absolute Gasteiger partial charge is 0.497 e. The van der Waals surface area contributed by atoms with Crippen LogP contribution in [0.1, 0.15) is 10.6 Å². The highest BCUT2D eigenvalue weighted by Crippen LogP contribution is 2.22. The smallest absolute Gasteiger partial charge is 0.377 e. The first-order valence-electron chi connectivity index (χ1n) is 5.09. The van der Waals surface area contributed by atoms with E-state index in [1.807, 2.05) is 0 Å². The number of carbonyl (C=O) groups excluding carboxylic acids is 1. The first-order valence-corrected chi connectivity index (χ1v) is 5.09. The van der Waals surface area contributed by atoms with Crippen LogP contribution in [0.15, 0.2) is 24.5 Å². The third-order valence-corrected chi connectivity index (χ3v) is 2.34. The number of hydrogen-bond donors (Lipinski definition) is 1. The second-order valence-electron chi connectivity index (χ2n) is 3.43. The average Bonchev–Trinajstić information content (AvgIpc) is 2.88. The van der Waals surface area contributed by atoms with E-state index in [0.717, 1.165) is 0 Å². The minimum absolute atomic E-state index is 0.0280. The van der Waals surface area contributed by atoms with Gasteiger partial charge in [0.1, 0.15) is 12.1 Å². The molecule has 94 valence electrons. The van der Waals surface area contributed by atoms with Crippen LogP contribution in [0.25, 0.3) is 5.69 Å². The molecule has 0 amide bonds. The maximum absolute atomic E-state index is 11.2. The molecule has 18 heavy (non-hydrogen) atoms. The number of methoxy groups -OCH3 is 2. The highest BCUT2D eigenvalue weighted by atomic mass is 16.5. The van der Waals surface area contributed by atoms with E-state index >= 15 is 0 Å². The van der Waals surface area contributed by atoms with Crippen LogP contribution in [0.4, 0.5) is 5.69 Å². The fourth-order valence-electron chi connectivity index (χ4n) is 1.41. The topological polar surface area (TPSA) is 92.3 Å². The maximum Gasteiger partial charge on any atom is 0.377 e. The van der Waals surface area contributed by atoms with Crippen molar-refractivity contribution in [3.63, 3.8) is 0 Å².